The van der Waals surface area contributed by atoms with Crippen LogP contribution in [0.2, 0.25) is 0 Å². The van der Waals surface area contributed by atoms with E-state index in [0.717, 1.165) is 22.5 Å². The molecule has 4 nitrogen and oxygen atoms in total. The normalized spacial score (nSPS) is 22.0. The Morgan fingerprint density at radius 3 is 3.06 bits per heavy atom. The summed E-state index contributed by atoms with van der Waals surface area (Å²) in [5.74, 6) is 1.05. The molecule has 84 valence electrons. The fourth-order valence-corrected chi connectivity index (χ4v) is 2.79. The van der Waals surface area contributed by atoms with E-state index in [4.69, 9.17) is 0 Å². The number of aromatic nitrogens is 3. The number of nitrogens with zero attached hydrogens (tertiary/aromatic N) is 4. The maximum atomic E-state index is 4.33. The van der Waals surface area contributed by atoms with Gasteiger partial charge in [-0.1, -0.05) is 0 Å². The molecule has 16 heavy (non-hydrogen) atoms. The average Bonchev–Trinajstić information content (AvgIpc) is 2.84. The summed E-state index contributed by atoms with van der Waals surface area (Å²) in [5, 5.41) is 8.57. The Hall–Kier alpha value is -0.940. The molecule has 0 radical (unpaired) electrons. The molecule has 0 bridgehead atoms. The number of pyridine rings is 1. The number of likely N-dealkylation sites (tertiary alicyclic amines) is 1. The Morgan fingerprint density at radius 2 is 2.31 bits per heavy atom. The van der Waals surface area contributed by atoms with E-state index in [1.165, 1.54) is 12.8 Å². The molecule has 1 fully saturated rings. The third-order valence-corrected chi connectivity index (χ3v) is 3.85. The van der Waals surface area contributed by atoms with Crippen LogP contribution >= 0.6 is 15.9 Å². The van der Waals surface area contributed by atoms with E-state index < -0.39 is 0 Å². The van der Waals surface area contributed by atoms with E-state index in [0.29, 0.717) is 6.04 Å². The first-order chi connectivity index (χ1) is 7.77. The van der Waals surface area contributed by atoms with E-state index in [1.807, 2.05) is 18.3 Å². The van der Waals surface area contributed by atoms with Crippen LogP contribution in [0.5, 0.6) is 0 Å². The molecule has 0 aliphatic carbocycles. The molecular weight excluding hydrogens is 268 g/mol. The highest BCUT2D eigenvalue weighted by atomic mass is 79.9. The van der Waals surface area contributed by atoms with Gasteiger partial charge in [-0.15, -0.1) is 10.2 Å². The van der Waals surface area contributed by atoms with Gasteiger partial charge < -0.3 is 0 Å². The predicted octanol–water partition coefficient (Wildman–Crippen LogP) is 2.26. The minimum Gasteiger partial charge on any atom is -0.296 e. The predicted molar refractivity (Wildman–Crippen MR) is 65.3 cm³/mol. The summed E-state index contributed by atoms with van der Waals surface area (Å²) in [4.78, 5) is 2.34. The molecule has 1 atom stereocenters. The minimum atomic E-state index is 0.407. The highest BCUT2D eigenvalue weighted by molar-refractivity contribution is 9.10. The molecule has 3 rings (SSSR count). The van der Waals surface area contributed by atoms with Crippen molar-refractivity contribution in [2.75, 3.05) is 13.6 Å². The van der Waals surface area contributed by atoms with Gasteiger partial charge in [0.25, 0.3) is 0 Å². The zero-order valence-electron chi connectivity index (χ0n) is 9.10. The quantitative estimate of drug-likeness (QED) is 0.804. The van der Waals surface area contributed by atoms with Crippen LogP contribution in [-0.2, 0) is 0 Å². The van der Waals surface area contributed by atoms with Crippen molar-refractivity contribution in [2.45, 2.75) is 18.9 Å². The SMILES string of the molecule is CN1CCCC1c1nnc2c(Br)cccn12. The molecule has 1 saturated heterocycles. The molecular formula is C11H13BrN4. The summed E-state index contributed by atoms with van der Waals surface area (Å²) in [6.45, 7) is 1.15. The van der Waals surface area contributed by atoms with Gasteiger partial charge in [0.05, 0.1) is 10.5 Å². The first kappa shape index (κ1) is 10.2. The zero-order chi connectivity index (χ0) is 11.1. The minimum absolute atomic E-state index is 0.407. The van der Waals surface area contributed by atoms with Crippen molar-refractivity contribution in [1.82, 2.24) is 19.5 Å². The Morgan fingerprint density at radius 1 is 1.44 bits per heavy atom. The number of hydrogen-bond donors (Lipinski definition) is 0. The molecule has 0 aromatic carbocycles. The second-order valence-electron chi connectivity index (χ2n) is 4.25. The molecule has 0 spiro atoms. The summed E-state index contributed by atoms with van der Waals surface area (Å²) in [7, 11) is 2.15. The number of halogens is 1. The smallest absolute Gasteiger partial charge is 0.175 e. The monoisotopic (exact) mass is 280 g/mol. The van der Waals surface area contributed by atoms with Crippen LogP contribution in [0.3, 0.4) is 0 Å². The lowest BCUT2D eigenvalue weighted by atomic mass is 10.2. The average molecular weight is 281 g/mol. The molecule has 0 N–H and O–H groups in total. The van der Waals surface area contributed by atoms with Crippen molar-refractivity contribution in [2.24, 2.45) is 0 Å². The number of fused-ring (bicyclic) bond motifs is 1. The van der Waals surface area contributed by atoms with Gasteiger partial charge in [0, 0.05) is 6.20 Å². The fourth-order valence-electron chi connectivity index (χ4n) is 2.37. The third-order valence-electron chi connectivity index (χ3n) is 3.23. The van der Waals surface area contributed by atoms with Crippen LogP contribution in [0.4, 0.5) is 0 Å². The summed E-state index contributed by atoms with van der Waals surface area (Å²) in [6.07, 6.45) is 4.44. The van der Waals surface area contributed by atoms with Crippen LogP contribution in [-0.4, -0.2) is 33.1 Å². The van der Waals surface area contributed by atoms with Gasteiger partial charge in [-0.3, -0.25) is 9.30 Å². The molecule has 1 unspecified atom stereocenters. The summed E-state index contributed by atoms with van der Waals surface area (Å²) >= 11 is 3.50. The van der Waals surface area contributed by atoms with Crippen LogP contribution < -0.4 is 0 Å². The van der Waals surface area contributed by atoms with Gasteiger partial charge in [-0.2, -0.15) is 0 Å². The van der Waals surface area contributed by atoms with E-state index >= 15 is 0 Å². The van der Waals surface area contributed by atoms with E-state index in [-0.39, 0.29) is 0 Å². The fraction of sp³-hybridized carbons (Fsp3) is 0.455. The Kier molecular flexibility index (Phi) is 2.44. The van der Waals surface area contributed by atoms with Crippen LogP contribution in [0, 0.1) is 0 Å². The van der Waals surface area contributed by atoms with Crippen molar-refractivity contribution in [3.8, 4) is 0 Å². The van der Waals surface area contributed by atoms with Gasteiger partial charge in [-0.25, -0.2) is 0 Å². The van der Waals surface area contributed by atoms with Gasteiger partial charge in [0.1, 0.15) is 0 Å². The highest BCUT2D eigenvalue weighted by Crippen LogP contribution is 2.30. The largest absolute Gasteiger partial charge is 0.296 e. The Labute approximate surface area is 102 Å². The number of hydrogen-bond acceptors (Lipinski definition) is 3. The molecule has 2 aromatic rings. The van der Waals surface area contributed by atoms with Gasteiger partial charge >= 0.3 is 0 Å². The molecule has 1 aliphatic heterocycles. The topological polar surface area (TPSA) is 33.4 Å². The standard InChI is InChI=1S/C11H13BrN4/c1-15-6-3-5-9(15)11-14-13-10-8(12)4-2-7-16(10)11/h2,4,7,9H,3,5-6H2,1H3. The van der Waals surface area contributed by atoms with Crippen molar-refractivity contribution < 1.29 is 0 Å². The number of rotatable bonds is 1. The van der Waals surface area contributed by atoms with Crippen molar-refractivity contribution in [3.63, 3.8) is 0 Å². The van der Waals surface area contributed by atoms with E-state index in [9.17, 15) is 0 Å². The first-order valence-corrected chi connectivity index (χ1v) is 6.26. The third kappa shape index (κ3) is 1.46. The maximum absolute atomic E-state index is 4.33. The molecule has 0 saturated carbocycles. The molecule has 3 heterocycles. The van der Waals surface area contributed by atoms with Gasteiger partial charge in [0.15, 0.2) is 11.5 Å². The second-order valence-corrected chi connectivity index (χ2v) is 5.10. The van der Waals surface area contributed by atoms with Crippen LogP contribution in [0.25, 0.3) is 5.65 Å². The van der Waals surface area contributed by atoms with Crippen molar-refractivity contribution >= 4 is 21.6 Å². The molecule has 1 aliphatic rings. The van der Waals surface area contributed by atoms with Gasteiger partial charge in [0.2, 0.25) is 0 Å². The highest BCUT2D eigenvalue weighted by Gasteiger charge is 2.27. The maximum Gasteiger partial charge on any atom is 0.175 e. The van der Waals surface area contributed by atoms with E-state index in [2.05, 4.69) is 42.5 Å². The first-order valence-electron chi connectivity index (χ1n) is 5.47. The van der Waals surface area contributed by atoms with Crippen molar-refractivity contribution in [3.05, 3.63) is 28.6 Å². The molecule has 0 amide bonds. The lowest BCUT2D eigenvalue weighted by Gasteiger charge is -2.17. The second kappa shape index (κ2) is 3.82. The Balaban J connectivity index is 2.14. The van der Waals surface area contributed by atoms with Crippen molar-refractivity contribution in [1.29, 1.82) is 0 Å². The van der Waals surface area contributed by atoms with Gasteiger partial charge in [-0.05, 0) is 54.5 Å². The van der Waals surface area contributed by atoms with Crippen LogP contribution in [0.1, 0.15) is 24.7 Å². The lowest BCUT2D eigenvalue weighted by Crippen LogP contribution is -2.19. The molecule has 5 heteroatoms. The van der Waals surface area contributed by atoms with E-state index in [1.54, 1.807) is 0 Å². The molecule has 2 aromatic heterocycles. The summed E-state index contributed by atoms with van der Waals surface area (Å²) in [6, 6.07) is 4.41. The Bertz CT molecular complexity index is 522. The summed E-state index contributed by atoms with van der Waals surface area (Å²) < 4.78 is 3.07. The zero-order valence-corrected chi connectivity index (χ0v) is 10.7. The lowest BCUT2D eigenvalue weighted by molar-refractivity contribution is 0.304. The van der Waals surface area contributed by atoms with Crippen LogP contribution in [0.15, 0.2) is 22.8 Å². The summed E-state index contributed by atoms with van der Waals surface area (Å²) in [5.41, 5.74) is 0.901.